The van der Waals surface area contributed by atoms with Gasteiger partial charge < -0.3 is 10.0 Å². The molecule has 2 aliphatic rings. The average molecular weight is 317 g/mol. The number of hydrogen-bond acceptors (Lipinski definition) is 4. The van der Waals surface area contributed by atoms with E-state index in [-0.39, 0.29) is 17.0 Å². The molecule has 1 aliphatic heterocycles. The summed E-state index contributed by atoms with van der Waals surface area (Å²) in [6.07, 6.45) is 3.06. The number of nitrogens with zero attached hydrogens (tertiary/aromatic N) is 2. The summed E-state index contributed by atoms with van der Waals surface area (Å²) in [5, 5.41) is 13.4. The van der Waals surface area contributed by atoms with Crippen molar-refractivity contribution in [2.45, 2.75) is 50.0 Å². The van der Waals surface area contributed by atoms with Crippen LogP contribution in [-0.2, 0) is 10.3 Å². The average Bonchev–Trinajstić information content (AvgIpc) is 2.86. The first-order chi connectivity index (χ1) is 10.9. The van der Waals surface area contributed by atoms with Gasteiger partial charge in [-0.05, 0) is 45.3 Å². The van der Waals surface area contributed by atoms with Crippen LogP contribution in [0.4, 0.5) is 0 Å². The van der Waals surface area contributed by atoms with Crippen molar-refractivity contribution in [2.24, 2.45) is 0 Å². The standard InChI is InChI=1S/C18H27N3O2/c1-14(22)21-13-17(19-16(21)23)9-11-18(12-10-17,20(2)3)15-7-5-4-6-8-15/h4-8,16,19,23H,9-13H2,1-3H3. The summed E-state index contributed by atoms with van der Waals surface area (Å²) in [5.41, 5.74) is 1.23. The fraction of sp³-hybridized carbons (Fsp3) is 0.611. The van der Waals surface area contributed by atoms with Gasteiger partial charge in [-0.3, -0.25) is 15.0 Å². The molecule has 1 atom stereocenters. The van der Waals surface area contributed by atoms with Crippen LogP contribution in [0, 0.1) is 0 Å². The van der Waals surface area contributed by atoms with Crippen LogP contribution in [0.25, 0.3) is 0 Å². The fourth-order valence-electron chi connectivity index (χ4n) is 4.28. The number of amides is 1. The smallest absolute Gasteiger partial charge is 0.222 e. The van der Waals surface area contributed by atoms with E-state index in [4.69, 9.17) is 0 Å². The number of benzene rings is 1. The zero-order valence-electron chi connectivity index (χ0n) is 14.2. The van der Waals surface area contributed by atoms with Crippen LogP contribution < -0.4 is 5.32 Å². The van der Waals surface area contributed by atoms with Gasteiger partial charge in [-0.2, -0.15) is 0 Å². The maximum Gasteiger partial charge on any atom is 0.222 e. The Morgan fingerprint density at radius 2 is 1.83 bits per heavy atom. The molecule has 1 aromatic carbocycles. The van der Waals surface area contributed by atoms with Crippen molar-refractivity contribution in [1.29, 1.82) is 0 Å². The number of aliphatic hydroxyl groups is 1. The third-order valence-corrected chi connectivity index (χ3v) is 5.81. The van der Waals surface area contributed by atoms with Crippen LogP contribution >= 0.6 is 0 Å². The lowest BCUT2D eigenvalue weighted by Gasteiger charge is -2.48. The topological polar surface area (TPSA) is 55.8 Å². The highest BCUT2D eigenvalue weighted by Gasteiger charge is 2.50. The molecule has 1 heterocycles. The number of nitrogens with one attached hydrogen (secondary N) is 1. The molecule has 2 fully saturated rings. The molecule has 0 aromatic heterocycles. The molecule has 1 spiro atoms. The molecule has 5 nitrogen and oxygen atoms in total. The Balaban J connectivity index is 1.80. The second kappa shape index (κ2) is 5.89. The van der Waals surface area contributed by atoms with Gasteiger partial charge in [0.25, 0.3) is 0 Å². The lowest BCUT2D eigenvalue weighted by molar-refractivity contribution is -0.136. The minimum absolute atomic E-state index is 0.0305. The molecular formula is C18H27N3O2. The van der Waals surface area contributed by atoms with E-state index in [0.29, 0.717) is 6.54 Å². The molecule has 1 saturated carbocycles. The van der Waals surface area contributed by atoms with E-state index in [1.165, 1.54) is 17.4 Å². The van der Waals surface area contributed by atoms with E-state index >= 15 is 0 Å². The molecule has 1 unspecified atom stereocenters. The van der Waals surface area contributed by atoms with E-state index in [1.807, 2.05) is 0 Å². The first-order valence-corrected chi connectivity index (χ1v) is 8.35. The van der Waals surface area contributed by atoms with Crippen LogP contribution in [0.2, 0.25) is 0 Å². The SMILES string of the molecule is CC(=O)N1CC2(CCC(c3ccccc3)(N(C)C)CC2)NC1O. The van der Waals surface area contributed by atoms with Crippen molar-refractivity contribution in [1.82, 2.24) is 15.1 Å². The monoisotopic (exact) mass is 317 g/mol. The minimum Gasteiger partial charge on any atom is -0.361 e. The van der Waals surface area contributed by atoms with Gasteiger partial charge in [0, 0.05) is 24.5 Å². The van der Waals surface area contributed by atoms with Gasteiger partial charge in [-0.1, -0.05) is 30.3 Å². The summed E-state index contributed by atoms with van der Waals surface area (Å²) >= 11 is 0. The van der Waals surface area contributed by atoms with Gasteiger partial charge in [-0.15, -0.1) is 0 Å². The number of hydrogen-bond donors (Lipinski definition) is 2. The normalized spacial score (nSPS) is 34.3. The summed E-state index contributed by atoms with van der Waals surface area (Å²) in [5.74, 6) is -0.0746. The summed E-state index contributed by atoms with van der Waals surface area (Å²) in [6, 6.07) is 10.7. The number of rotatable bonds is 2. The van der Waals surface area contributed by atoms with Gasteiger partial charge >= 0.3 is 0 Å². The summed E-state index contributed by atoms with van der Waals surface area (Å²) in [4.78, 5) is 15.5. The maximum absolute atomic E-state index is 11.7. The van der Waals surface area contributed by atoms with Crippen molar-refractivity contribution in [3.8, 4) is 0 Å². The molecule has 3 rings (SSSR count). The van der Waals surface area contributed by atoms with Crippen LogP contribution in [-0.4, -0.2) is 53.3 Å². The predicted octanol–water partition coefficient (Wildman–Crippen LogP) is 1.48. The molecule has 0 bridgehead atoms. The molecule has 2 N–H and O–H groups in total. The number of carbonyl (C=O) groups is 1. The Morgan fingerprint density at radius 1 is 1.22 bits per heavy atom. The Bertz CT molecular complexity index is 565. The summed E-state index contributed by atoms with van der Waals surface area (Å²) in [7, 11) is 4.29. The zero-order valence-corrected chi connectivity index (χ0v) is 14.2. The van der Waals surface area contributed by atoms with Gasteiger partial charge in [0.2, 0.25) is 5.91 Å². The van der Waals surface area contributed by atoms with Crippen LogP contribution in [0.1, 0.15) is 38.2 Å². The predicted molar refractivity (Wildman–Crippen MR) is 89.5 cm³/mol. The Kier molecular flexibility index (Phi) is 4.21. The zero-order chi connectivity index (χ0) is 16.7. The molecule has 1 aliphatic carbocycles. The molecular weight excluding hydrogens is 290 g/mol. The van der Waals surface area contributed by atoms with Gasteiger partial charge in [0.15, 0.2) is 6.35 Å². The molecule has 5 heteroatoms. The van der Waals surface area contributed by atoms with E-state index < -0.39 is 6.35 Å². The van der Waals surface area contributed by atoms with Crippen molar-refractivity contribution in [3.63, 3.8) is 0 Å². The van der Waals surface area contributed by atoms with E-state index in [1.54, 1.807) is 0 Å². The fourth-order valence-corrected chi connectivity index (χ4v) is 4.28. The van der Waals surface area contributed by atoms with Crippen LogP contribution in [0.5, 0.6) is 0 Å². The Hall–Kier alpha value is -1.43. The molecule has 1 amide bonds. The quantitative estimate of drug-likeness (QED) is 0.868. The minimum atomic E-state index is -0.851. The highest BCUT2D eigenvalue weighted by Crippen LogP contribution is 2.46. The second-order valence-electron chi connectivity index (χ2n) is 7.24. The molecule has 0 radical (unpaired) electrons. The first kappa shape index (κ1) is 16.4. The maximum atomic E-state index is 11.7. The van der Waals surface area contributed by atoms with Crippen LogP contribution in [0.3, 0.4) is 0 Å². The number of carbonyl (C=O) groups excluding carboxylic acids is 1. The largest absolute Gasteiger partial charge is 0.361 e. The molecule has 126 valence electrons. The molecule has 1 saturated heterocycles. The van der Waals surface area contributed by atoms with Crippen molar-refractivity contribution in [2.75, 3.05) is 20.6 Å². The summed E-state index contributed by atoms with van der Waals surface area (Å²) < 4.78 is 0. The molecule has 23 heavy (non-hydrogen) atoms. The van der Waals surface area contributed by atoms with E-state index in [9.17, 15) is 9.90 Å². The van der Waals surface area contributed by atoms with Crippen molar-refractivity contribution < 1.29 is 9.90 Å². The highest BCUT2D eigenvalue weighted by molar-refractivity contribution is 5.73. The summed E-state index contributed by atoms with van der Waals surface area (Å²) in [6.45, 7) is 2.11. The lowest BCUT2D eigenvalue weighted by Crippen LogP contribution is -2.54. The first-order valence-electron chi connectivity index (χ1n) is 8.35. The van der Waals surface area contributed by atoms with Gasteiger partial charge in [0.1, 0.15) is 0 Å². The third kappa shape index (κ3) is 2.77. The van der Waals surface area contributed by atoms with Gasteiger partial charge in [-0.25, -0.2) is 0 Å². The Morgan fingerprint density at radius 3 is 2.30 bits per heavy atom. The van der Waals surface area contributed by atoms with Crippen molar-refractivity contribution in [3.05, 3.63) is 35.9 Å². The third-order valence-electron chi connectivity index (χ3n) is 5.81. The molecule has 1 aromatic rings. The van der Waals surface area contributed by atoms with Crippen molar-refractivity contribution >= 4 is 5.91 Å². The second-order valence-corrected chi connectivity index (χ2v) is 7.24. The van der Waals surface area contributed by atoms with E-state index in [0.717, 1.165) is 25.7 Å². The number of aliphatic hydroxyl groups excluding tert-OH is 1. The highest BCUT2D eigenvalue weighted by atomic mass is 16.3. The van der Waals surface area contributed by atoms with E-state index in [2.05, 4.69) is 54.6 Å². The van der Waals surface area contributed by atoms with Crippen LogP contribution in [0.15, 0.2) is 30.3 Å². The van der Waals surface area contributed by atoms with Gasteiger partial charge in [0.05, 0.1) is 0 Å². The Labute approximate surface area is 138 Å². The lowest BCUT2D eigenvalue weighted by atomic mass is 9.69.